The van der Waals surface area contributed by atoms with Gasteiger partial charge in [-0.15, -0.1) is 0 Å². The zero-order chi connectivity index (χ0) is 17.8. The Bertz CT molecular complexity index is 777. The van der Waals surface area contributed by atoms with E-state index < -0.39 is 0 Å². The molecule has 27 heavy (non-hydrogen) atoms. The van der Waals surface area contributed by atoms with Crippen molar-refractivity contribution < 1.29 is 13.9 Å². The number of aryl methyl sites for hydroxylation is 1. The molecule has 144 valence electrons. The zero-order valence-corrected chi connectivity index (χ0v) is 15.6. The van der Waals surface area contributed by atoms with E-state index in [0.29, 0.717) is 17.9 Å². The molecule has 1 aliphatic heterocycles. The summed E-state index contributed by atoms with van der Waals surface area (Å²) < 4.78 is 26.0. The van der Waals surface area contributed by atoms with Crippen LogP contribution < -0.4 is 5.32 Å². The lowest BCUT2D eigenvalue weighted by Gasteiger charge is -2.54. The van der Waals surface area contributed by atoms with Crippen molar-refractivity contribution in [1.82, 2.24) is 5.32 Å². The number of fused-ring (bicyclic) bond motifs is 4. The number of hydrogen-bond acceptors (Lipinski definition) is 3. The van der Waals surface area contributed by atoms with Crippen molar-refractivity contribution in [1.29, 1.82) is 0 Å². The first-order valence-electron chi connectivity index (χ1n) is 11.1. The summed E-state index contributed by atoms with van der Waals surface area (Å²) in [5.41, 5.74) is 1.12. The standard InChI is InChI=1S/C23H28FNO2/c24-13-6-3-5-12(10-13)4-1-2-7-25-22-18-14-11-15-17-16(14)19(22)21(17)23(20(15)18)26-8-9-27-23/h3,5-6,10,14-22,25H,1-2,4,7-9,11H2/t14-,15+,16-,17+,18+,19-,20-,21+,22-/m0/s1. The van der Waals surface area contributed by atoms with E-state index >= 15 is 0 Å². The fourth-order valence-electron chi connectivity index (χ4n) is 9.00. The first-order valence-corrected chi connectivity index (χ1v) is 11.1. The third-order valence-corrected chi connectivity index (χ3v) is 9.28. The molecule has 1 aromatic rings. The maximum atomic E-state index is 13.3. The first-order chi connectivity index (χ1) is 13.3. The second kappa shape index (κ2) is 5.34. The molecular weight excluding hydrogens is 341 g/mol. The third-order valence-electron chi connectivity index (χ3n) is 9.28. The van der Waals surface area contributed by atoms with E-state index in [4.69, 9.17) is 9.47 Å². The highest BCUT2D eigenvalue weighted by Crippen LogP contribution is 2.86. The Kier molecular flexibility index (Phi) is 3.14. The van der Waals surface area contributed by atoms with Gasteiger partial charge in [-0.25, -0.2) is 4.39 Å². The smallest absolute Gasteiger partial charge is 0.175 e. The van der Waals surface area contributed by atoms with Gasteiger partial charge >= 0.3 is 0 Å². The van der Waals surface area contributed by atoms with Gasteiger partial charge < -0.3 is 14.8 Å². The van der Waals surface area contributed by atoms with Crippen LogP contribution in [0.4, 0.5) is 4.39 Å². The van der Waals surface area contributed by atoms with Gasteiger partial charge in [-0.2, -0.15) is 0 Å². The van der Waals surface area contributed by atoms with E-state index in [2.05, 4.69) is 5.32 Å². The lowest BCUT2D eigenvalue weighted by Crippen LogP contribution is -2.62. The maximum absolute atomic E-state index is 13.3. The summed E-state index contributed by atoms with van der Waals surface area (Å²) in [5, 5.41) is 3.98. The fraction of sp³-hybridized carbons (Fsp3) is 0.739. The molecule has 0 amide bonds. The highest BCUT2D eigenvalue weighted by atomic mass is 19.1. The predicted molar refractivity (Wildman–Crippen MR) is 98.3 cm³/mol. The molecule has 0 aromatic heterocycles. The van der Waals surface area contributed by atoms with Crippen molar-refractivity contribution >= 4 is 0 Å². The molecule has 4 heteroatoms. The molecule has 6 fully saturated rings. The van der Waals surface area contributed by atoms with Gasteiger partial charge in [-0.3, -0.25) is 0 Å². The summed E-state index contributed by atoms with van der Waals surface area (Å²) in [6.45, 7) is 2.70. The molecule has 5 saturated carbocycles. The molecule has 2 bridgehead atoms. The van der Waals surface area contributed by atoms with Crippen LogP contribution in [-0.2, 0) is 15.9 Å². The lowest BCUT2D eigenvalue weighted by molar-refractivity contribution is -0.264. The minimum Gasteiger partial charge on any atom is -0.347 e. The molecule has 9 atom stereocenters. The minimum absolute atomic E-state index is 0.119. The molecule has 1 N–H and O–H groups in total. The molecular formula is C23H28FNO2. The van der Waals surface area contributed by atoms with Crippen LogP contribution in [0.2, 0.25) is 0 Å². The van der Waals surface area contributed by atoms with Gasteiger partial charge in [-0.1, -0.05) is 12.1 Å². The summed E-state index contributed by atoms with van der Waals surface area (Å²) in [4.78, 5) is 0. The van der Waals surface area contributed by atoms with Gasteiger partial charge in [0.2, 0.25) is 0 Å². The molecule has 7 rings (SSSR count). The average molecular weight is 369 g/mol. The summed E-state index contributed by atoms with van der Waals surface area (Å²) >= 11 is 0. The topological polar surface area (TPSA) is 30.5 Å². The largest absolute Gasteiger partial charge is 0.347 e. The third kappa shape index (κ3) is 1.79. The van der Waals surface area contributed by atoms with Crippen LogP contribution in [-0.4, -0.2) is 31.6 Å². The SMILES string of the molecule is Fc1cccc(CCCCN[C@@H]2[C@H]3[C@H]4[C@@H]5C[C@@H]6[C@H]4[C@H]3C3(OCCO3)[C@@H]6[C@@H]52)c1. The van der Waals surface area contributed by atoms with Gasteiger partial charge in [0, 0.05) is 17.9 Å². The van der Waals surface area contributed by atoms with E-state index in [-0.39, 0.29) is 11.6 Å². The summed E-state index contributed by atoms with van der Waals surface area (Å²) in [7, 11) is 0. The molecule has 6 aliphatic rings. The predicted octanol–water partition coefficient (Wildman–Crippen LogP) is 3.24. The average Bonchev–Trinajstić information content (AvgIpc) is 3.33. The molecule has 3 nitrogen and oxygen atoms in total. The van der Waals surface area contributed by atoms with Crippen LogP contribution in [0.1, 0.15) is 24.8 Å². The highest BCUT2D eigenvalue weighted by Gasteiger charge is 2.88. The molecule has 0 unspecified atom stereocenters. The number of halogens is 1. The van der Waals surface area contributed by atoms with Crippen LogP contribution in [0.25, 0.3) is 0 Å². The molecule has 5 aliphatic carbocycles. The number of ether oxygens (including phenoxy) is 2. The van der Waals surface area contributed by atoms with Crippen molar-refractivity contribution in [2.75, 3.05) is 19.8 Å². The highest BCUT2D eigenvalue weighted by molar-refractivity contribution is 5.34. The number of hydrogen-bond donors (Lipinski definition) is 1. The van der Waals surface area contributed by atoms with Gasteiger partial charge in [0.25, 0.3) is 0 Å². The summed E-state index contributed by atoms with van der Waals surface area (Å²) in [6, 6.07) is 7.74. The first kappa shape index (κ1) is 15.9. The van der Waals surface area contributed by atoms with Crippen LogP contribution in [0, 0.1) is 53.2 Å². The Balaban J connectivity index is 1.01. The van der Waals surface area contributed by atoms with Gasteiger partial charge in [0.1, 0.15) is 5.82 Å². The normalized spacial score (nSPS) is 48.9. The Morgan fingerprint density at radius 2 is 1.89 bits per heavy atom. The second-order valence-corrected chi connectivity index (χ2v) is 9.91. The molecule has 0 radical (unpaired) electrons. The van der Waals surface area contributed by atoms with Crippen molar-refractivity contribution in [3.63, 3.8) is 0 Å². The molecule has 1 aromatic carbocycles. The number of benzene rings is 1. The van der Waals surface area contributed by atoms with Crippen LogP contribution in [0.15, 0.2) is 24.3 Å². The van der Waals surface area contributed by atoms with Gasteiger partial charge in [0.15, 0.2) is 5.79 Å². The summed E-state index contributed by atoms with van der Waals surface area (Å²) in [5.74, 6) is 6.36. The number of unbranched alkanes of at least 4 members (excludes halogenated alkanes) is 1. The molecule has 1 heterocycles. The van der Waals surface area contributed by atoms with Crippen molar-refractivity contribution in [2.24, 2.45) is 47.3 Å². The quantitative estimate of drug-likeness (QED) is 0.781. The van der Waals surface area contributed by atoms with Crippen LogP contribution >= 0.6 is 0 Å². The molecule has 1 spiro atoms. The second-order valence-electron chi connectivity index (χ2n) is 9.91. The van der Waals surface area contributed by atoms with Gasteiger partial charge in [-0.05, 0) is 85.4 Å². The van der Waals surface area contributed by atoms with Gasteiger partial charge in [0.05, 0.1) is 13.2 Å². The van der Waals surface area contributed by atoms with Crippen molar-refractivity contribution in [3.05, 3.63) is 35.6 Å². The minimum atomic E-state index is -0.179. The van der Waals surface area contributed by atoms with E-state index in [1.165, 1.54) is 18.9 Å². The lowest BCUT2D eigenvalue weighted by atomic mass is 9.57. The Morgan fingerprint density at radius 3 is 2.74 bits per heavy atom. The Hall–Kier alpha value is -0.970. The Morgan fingerprint density at radius 1 is 1.00 bits per heavy atom. The van der Waals surface area contributed by atoms with Crippen LogP contribution in [0.3, 0.4) is 0 Å². The maximum Gasteiger partial charge on any atom is 0.175 e. The fourth-order valence-corrected chi connectivity index (χ4v) is 9.00. The number of rotatable bonds is 6. The zero-order valence-electron chi connectivity index (χ0n) is 15.6. The van der Waals surface area contributed by atoms with Crippen LogP contribution in [0.5, 0.6) is 0 Å². The van der Waals surface area contributed by atoms with Crippen molar-refractivity contribution in [3.8, 4) is 0 Å². The monoisotopic (exact) mass is 369 g/mol. The van der Waals surface area contributed by atoms with Crippen molar-refractivity contribution in [2.45, 2.75) is 37.5 Å². The van der Waals surface area contributed by atoms with E-state index in [9.17, 15) is 4.39 Å². The van der Waals surface area contributed by atoms with E-state index in [1.807, 2.05) is 12.1 Å². The van der Waals surface area contributed by atoms with E-state index in [0.717, 1.165) is 73.7 Å². The number of nitrogens with one attached hydrogen (secondary N) is 1. The summed E-state index contributed by atoms with van der Waals surface area (Å²) in [6.07, 6.45) is 4.72. The Labute approximate surface area is 160 Å². The van der Waals surface area contributed by atoms with E-state index in [1.54, 1.807) is 6.07 Å². The molecule has 1 saturated heterocycles.